The summed E-state index contributed by atoms with van der Waals surface area (Å²) in [5, 5.41) is 1.05. The van der Waals surface area contributed by atoms with Crippen LogP contribution in [0.3, 0.4) is 0 Å². The van der Waals surface area contributed by atoms with Crippen molar-refractivity contribution in [2.24, 2.45) is 0 Å². The van der Waals surface area contributed by atoms with Crippen molar-refractivity contribution >= 4 is 22.6 Å². The number of nitrogens with zero attached hydrogens (tertiary/aromatic N) is 6. The van der Waals surface area contributed by atoms with Crippen LogP contribution in [0, 0.1) is 0 Å². The number of hydrogen-bond acceptors (Lipinski definition) is 8. The van der Waals surface area contributed by atoms with Gasteiger partial charge in [0, 0.05) is 55.9 Å². The highest BCUT2D eigenvalue weighted by Crippen LogP contribution is 2.39. The minimum Gasteiger partial charge on any atom is -0.481 e. The second kappa shape index (κ2) is 5.68. The molecule has 8 heteroatoms. The van der Waals surface area contributed by atoms with E-state index in [1.54, 1.807) is 19.4 Å². The Morgan fingerprint density at radius 3 is 2.64 bits per heavy atom. The summed E-state index contributed by atoms with van der Waals surface area (Å²) >= 11 is 1.52. The molecule has 1 saturated heterocycles. The molecule has 1 saturated carbocycles. The number of methoxy groups -OCH3 is 1. The molecular formula is C14H18N6OS. The van der Waals surface area contributed by atoms with Crippen molar-refractivity contribution < 1.29 is 4.74 Å². The average molecular weight is 318 g/mol. The van der Waals surface area contributed by atoms with Crippen LogP contribution < -0.4 is 14.5 Å². The number of hydrogen-bond donors (Lipinski definition) is 0. The molecule has 0 atom stereocenters. The van der Waals surface area contributed by atoms with E-state index in [4.69, 9.17) is 4.74 Å². The predicted octanol–water partition coefficient (Wildman–Crippen LogP) is 1.54. The van der Waals surface area contributed by atoms with Crippen LogP contribution in [-0.4, -0.2) is 52.6 Å². The molecule has 1 aliphatic heterocycles. The number of rotatable bonds is 4. The summed E-state index contributed by atoms with van der Waals surface area (Å²) in [5.41, 5.74) is 0. The summed E-state index contributed by atoms with van der Waals surface area (Å²) in [7, 11) is 1.62. The Labute approximate surface area is 133 Å². The first-order valence-electron chi connectivity index (χ1n) is 7.54. The van der Waals surface area contributed by atoms with Crippen LogP contribution in [0.25, 0.3) is 0 Å². The summed E-state index contributed by atoms with van der Waals surface area (Å²) in [6, 6.07) is 1.76. The smallest absolute Gasteiger partial charge is 0.228 e. The number of anilines is 2. The van der Waals surface area contributed by atoms with Gasteiger partial charge in [0.15, 0.2) is 0 Å². The number of ether oxygens (including phenoxy) is 1. The van der Waals surface area contributed by atoms with E-state index in [0.29, 0.717) is 11.8 Å². The van der Waals surface area contributed by atoms with Crippen LogP contribution in [0.4, 0.5) is 11.1 Å². The second-order valence-corrected chi connectivity index (χ2v) is 6.31. The molecule has 7 nitrogen and oxygen atoms in total. The third-order valence-corrected chi connectivity index (χ3v) is 4.82. The Balaban J connectivity index is 1.40. The topological polar surface area (TPSA) is 67.3 Å². The Morgan fingerprint density at radius 1 is 1.14 bits per heavy atom. The highest BCUT2D eigenvalue weighted by molar-refractivity contribution is 7.09. The highest BCUT2D eigenvalue weighted by atomic mass is 32.1. The van der Waals surface area contributed by atoms with Crippen LogP contribution in [0.15, 0.2) is 12.3 Å². The molecule has 4 rings (SSSR count). The second-order valence-electron chi connectivity index (χ2n) is 5.58. The summed E-state index contributed by atoms with van der Waals surface area (Å²) in [6.45, 7) is 3.59. The first-order chi connectivity index (χ1) is 10.8. The van der Waals surface area contributed by atoms with Crippen LogP contribution in [0.1, 0.15) is 24.6 Å². The van der Waals surface area contributed by atoms with E-state index in [0.717, 1.165) is 43.1 Å². The van der Waals surface area contributed by atoms with Crippen molar-refractivity contribution in [3.05, 3.63) is 18.1 Å². The van der Waals surface area contributed by atoms with Gasteiger partial charge in [0.2, 0.25) is 17.0 Å². The van der Waals surface area contributed by atoms with E-state index < -0.39 is 0 Å². The lowest BCUT2D eigenvalue weighted by Crippen LogP contribution is -2.47. The van der Waals surface area contributed by atoms with Crippen LogP contribution >= 0.6 is 11.5 Å². The van der Waals surface area contributed by atoms with E-state index >= 15 is 0 Å². The molecule has 22 heavy (non-hydrogen) atoms. The first kappa shape index (κ1) is 13.7. The molecule has 3 heterocycles. The van der Waals surface area contributed by atoms with Gasteiger partial charge in [-0.15, -0.1) is 0 Å². The molecule has 2 aliphatic rings. The van der Waals surface area contributed by atoms with Crippen molar-refractivity contribution in [3.8, 4) is 5.88 Å². The van der Waals surface area contributed by atoms with Gasteiger partial charge >= 0.3 is 0 Å². The van der Waals surface area contributed by atoms with Crippen LogP contribution in [0.5, 0.6) is 5.88 Å². The average Bonchev–Trinajstić information content (AvgIpc) is 3.32. The SMILES string of the molecule is COc1ccnc(N2CCN(c3nc(C4CC4)ns3)CC2)n1. The molecule has 0 N–H and O–H groups in total. The molecule has 0 unspecified atom stereocenters. The Hall–Kier alpha value is -1.96. The van der Waals surface area contributed by atoms with Crippen molar-refractivity contribution in [1.29, 1.82) is 0 Å². The standard InChI is InChI=1S/C14H18N6OS/c1-21-11-4-5-15-13(16-11)19-6-8-20(9-7-19)14-17-12(18-22-14)10-2-3-10/h4-5,10H,2-3,6-9H2,1H3. The quantitative estimate of drug-likeness (QED) is 0.847. The molecule has 2 aromatic rings. The normalized spacial score (nSPS) is 18.6. The minimum absolute atomic E-state index is 0.602. The monoisotopic (exact) mass is 318 g/mol. The molecular weight excluding hydrogens is 300 g/mol. The molecule has 0 amide bonds. The van der Waals surface area contributed by atoms with Crippen LogP contribution in [-0.2, 0) is 0 Å². The zero-order valence-corrected chi connectivity index (χ0v) is 13.3. The summed E-state index contributed by atoms with van der Waals surface area (Å²) < 4.78 is 9.65. The molecule has 0 aromatic carbocycles. The van der Waals surface area contributed by atoms with Gasteiger partial charge in [-0.3, -0.25) is 0 Å². The largest absolute Gasteiger partial charge is 0.481 e. The Kier molecular flexibility index (Phi) is 3.53. The maximum absolute atomic E-state index is 5.16. The zero-order valence-electron chi connectivity index (χ0n) is 12.5. The zero-order chi connectivity index (χ0) is 14.9. The highest BCUT2D eigenvalue weighted by Gasteiger charge is 2.29. The Morgan fingerprint density at radius 2 is 1.91 bits per heavy atom. The molecule has 0 spiro atoms. The molecule has 116 valence electrons. The fraction of sp³-hybridized carbons (Fsp3) is 0.571. The van der Waals surface area contributed by atoms with E-state index in [1.165, 1.54) is 24.4 Å². The lowest BCUT2D eigenvalue weighted by molar-refractivity contribution is 0.396. The van der Waals surface area contributed by atoms with Gasteiger partial charge in [-0.1, -0.05) is 0 Å². The first-order valence-corrected chi connectivity index (χ1v) is 8.31. The number of aromatic nitrogens is 4. The van der Waals surface area contributed by atoms with Gasteiger partial charge in [0.25, 0.3) is 0 Å². The summed E-state index contributed by atoms with van der Waals surface area (Å²) in [6.07, 6.45) is 4.23. The van der Waals surface area contributed by atoms with Gasteiger partial charge in [0.05, 0.1) is 7.11 Å². The predicted molar refractivity (Wildman–Crippen MR) is 84.9 cm³/mol. The van der Waals surface area contributed by atoms with Crippen LogP contribution in [0.2, 0.25) is 0 Å². The van der Waals surface area contributed by atoms with Crippen molar-refractivity contribution in [2.75, 3.05) is 43.1 Å². The third kappa shape index (κ3) is 2.70. The maximum atomic E-state index is 5.16. The molecule has 1 aliphatic carbocycles. The lowest BCUT2D eigenvalue weighted by Gasteiger charge is -2.34. The molecule has 0 radical (unpaired) electrons. The fourth-order valence-electron chi connectivity index (χ4n) is 2.56. The van der Waals surface area contributed by atoms with Crippen molar-refractivity contribution in [3.63, 3.8) is 0 Å². The van der Waals surface area contributed by atoms with Gasteiger partial charge < -0.3 is 14.5 Å². The minimum atomic E-state index is 0.602. The van der Waals surface area contributed by atoms with E-state index in [1.807, 2.05) is 0 Å². The van der Waals surface area contributed by atoms with E-state index in [-0.39, 0.29) is 0 Å². The van der Waals surface area contributed by atoms with Crippen molar-refractivity contribution in [2.45, 2.75) is 18.8 Å². The molecule has 2 fully saturated rings. The fourth-order valence-corrected chi connectivity index (χ4v) is 3.36. The van der Waals surface area contributed by atoms with Gasteiger partial charge in [-0.25, -0.2) is 9.97 Å². The van der Waals surface area contributed by atoms with E-state index in [2.05, 4.69) is 29.1 Å². The van der Waals surface area contributed by atoms with Gasteiger partial charge in [-0.2, -0.15) is 9.36 Å². The van der Waals surface area contributed by atoms with E-state index in [9.17, 15) is 0 Å². The van der Waals surface area contributed by atoms with Crippen molar-refractivity contribution in [1.82, 2.24) is 19.3 Å². The Bertz CT molecular complexity index is 650. The summed E-state index contributed by atoms with van der Waals surface area (Å²) in [4.78, 5) is 17.9. The third-order valence-electron chi connectivity index (χ3n) is 4.03. The van der Waals surface area contributed by atoms with Gasteiger partial charge in [-0.05, 0) is 12.8 Å². The molecule has 0 bridgehead atoms. The molecule has 2 aromatic heterocycles. The summed E-state index contributed by atoms with van der Waals surface area (Å²) in [5.74, 6) is 3.00. The maximum Gasteiger partial charge on any atom is 0.228 e. The van der Waals surface area contributed by atoms with Gasteiger partial charge in [0.1, 0.15) is 5.82 Å². The lowest BCUT2D eigenvalue weighted by atomic mass is 10.3. The number of piperazine rings is 1.